The van der Waals surface area contributed by atoms with Gasteiger partial charge in [-0.25, -0.2) is 0 Å². The number of amides is 1. The number of hydrogen-bond donors (Lipinski definition) is 2. The molecule has 82 valence electrons. The van der Waals surface area contributed by atoms with Crippen LogP contribution in [0.2, 0.25) is 0 Å². The predicted octanol–water partition coefficient (Wildman–Crippen LogP) is 1.68. The normalized spacial score (nSPS) is 10.0. The predicted molar refractivity (Wildman–Crippen MR) is 58.0 cm³/mol. The molecular weight excluding hydrogens is 194 g/mol. The Morgan fingerprint density at radius 1 is 1.53 bits per heavy atom. The molecule has 1 aromatic carbocycles. The minimum absolute atomic E-state index is 0.120. The Morgan fingerprint density at radius 3 is 2.93 bits per heavy atom. The monoisotopic (exact) mass is 209 g/mol. The molecule has 0 unspecified atom stereocenters. The fraction of sp³-hybridized carbons (Fsp3) is 0.364. The number of carbonyl (C=O) groups excluding carboxylic acids is 1. The minimum atomic E-state index is -0.120. The molecule has 4 heteroatoms. The van der Waals surface area contributed by atoms with Crippen LogP contribution < -0.4 is 5.32 Å². The van der Waals surface area contributed by atoms with Gasteiger partial charge in [0.2, 0.25) is 5.91 Å². The van der Waals surface area contributed by atoms with E-state index in [0.29, 0.717) is 24.3 Å². The SMILES string of the molecule is COCCC(=O)Nc1cccc(O)c1C. The number of carbonyl (C=O) groups is 1. The second-order valence-electron chi connectivity index (χ2n) is 3.24. The third-order valence-electron chi connectivity index (χ3n) is 2.11. The van der Waals surface area contributed by atoms with Gasteiger partial charge >= 0.3 is 0 Å². The van der Waals surface area contributed by atoms with Crippen molar-refractivity contribution in [1.82, 2.24) is 0 Å². The van der Waals surface area contributed by atoms with E-state index in [1.54, 1.807) is 32.2 Å². The molecule has 0 bridgehead atoms. The molecule has 0 aromatic heterocycles. The molecule has 1 amide bonds. The van der Waals surface area contributed by atoms with Gasteiger partial charge in [0.1, 0.15) is 5.75 Å². The summed E-state index contributed by atoms with van der Waals surface area (Å²) in [6.07, 6.45) is 0.311. The highest BCUT2D eigenvalue weighted by Crippen LogP contribution is 2.23. The van der Waals surface area contributed by atoms with E-state index in [-0.39, 0.29) is 11.7 Å². The van der Waals surface area contributed by atoms with Crippen molar-refractivity contribution in [2.45, 2.75) is 13.3 Å². The highest BCUT2D eigenvalue weighted by Gasteiger charge is 2.06. The summed E-state index contributed by atoms with van der Waals surface area (Å²) < 4.78 is 4.79. The van der Waals surface area contributed by atoms with Gasteiger partial charge in [-0.05, 0) is 19.1 Å². The highest BCUT2D eigenvalue weighted by atomic mass is 16.5. The zero-order chi connectivity index (χ0) is 11.3. The molecule has 0 aliphatic heterocycles. The Hall–Kier alpha value is -1.55. The largest absolute Gasteiger partial charge is 0.508 e. The van der Waals surface area contributed by atoms with E-state index in [0.717, 1.165) is 0 Å². The molecule has 0 spiro atoms. The van der Waals surface area contributed by atoms with Crippen molar-refractivity contribution in [2.24, 2.45) is 0 Å². The van der Waals surface area contributed by atoms with Crippen LogP contribution in [0, 0.1) is 6.92 Å². The lowest BCUT2D eigenvalue weighted by atomic mass is 10.2. The molecule has 0 saturated carbocycles. The zero-order valence-corrected chi connectivity index (χ0v) is 8.91. The molecule has 1 aromatic rings. The topological polar surface area (TPSA) is 58.6 Å². The van der Waals surface area contributed by atoms with Crippen molar-refractivity contribution in [3.8, 4) is 5.75 Å². The lowest BCUT2D eigenvalue weighted by Crippen LogP contribution is -2.14. The fourth-order valence-corrected chi connectivity index (χ4v) is 1.17. The smallest absolute Gasteiger partial charge is 0.226 e. The van der Waals surface area contributed by atoms with Gasteiger partial charge in [-0.2, -0.15) is 0 Å². The van der Waals surface area contributed by atoms with Crippen LogP contribution in [0.15, 0.2) is 18.2 Å². The molecule has 0 aliphatic carbocycles. The van der Waals surface area contributed by atoms with Crippen LogP contribution in [0.1, 0.15) is 12.0 Å². The molecule has 0 atom stereocenters. The molecule has 1 rings (SSSR count). The number of nitrogens with one attached hydrogen (secondary N) is 1. The average Bonchev–Trinajstić information content (AvgIpc) is 2.22. The molecule has 4 nitrogen and oxygen atoms in total. The first-order valence-electron chi connectivity index (χ1n) is 4.72. The molecule has 0 fully saturated rings. The van der Waals surface area contributed by atoms with Crippen molar-refractivity contribution in [1.29, 1.82) is 0 Å². The van der Waals surface area contributed by atoms with Gasteiger partial charge in [0.25, 0.3) is 0 Å². The number of anilines is 1. The zero-order valence-electron chi connectivity index (χ0n) is 8.91. The summed E-state index contributed by atoms with van der Waals surface area (Å²) in [5.74, 6) is 0.0603. The Kier molecular flexibility index (Phi) is 4.12. The van der Waals surface area contributed by atoms with E-state index >= 15 is 0 Å². The van der Waals surface area contributed by atoms with Gasteiger partial charge in [-0.3, -0.25) is 4.79 Å². The van der Waals surface area contributed by atoms with Crippen LogP contribution in [-0.2, 0) is 9.53 Å². The highest BCUT2D eigenvalue weighted by molar-refractivity contribution is 5.91. The van der Waals surface area contributed by atoms with Gasteiger partial charge in [-0.15, -0.1) is 0 Å². The van der Waals surface area contributed by atoms with Gasteiger partial charge in [0.15, 0.2) is 0 Å². The molecule has 0 saturated heterocycles. The summed E-state index contributed by atoms with van der Waals surface area (Å²) >= 11 is 0. The van der Waals surface area contributed by atoms with Crippen LogP contribution in [-0.4, -0.2) is 24.7 Å². The standard InChI is InChI=1S/C11H15NO3/c1-8-9(4-3-5-10(8)13)12-11(14)6-7-15-2/h3-5,13H,6-7H2,1-2H3,(H,12,14). The van der Waals surface area contributed by atoms with Crippen molar-refractivity contribution < 1.29 is 14.6 Å². The van der Waals surface area contributed by atoms with Gasteiger partial charge in [-0.1, -0.05) is 6.07 Å². The summed E-state index contributed by atoms with van der Waals surface area (Å²) in [5, 5.41) is 12.1. The van der Waals surface area contributed by atoms with Crippen molar-refractivity contribution in [3.63, 3.8) is 0 Å². The first-order valence-corrected chi connectivity index (χ1v) is 4.72. The lowest BCUT2D eigenvalue weighted by Gasteiger charge is -2.08. The second-order valence-corrected chi connectivity index (χ2v) is 3.24. The van der Waals surface area contributed by atoms with E-state index in [9.17, 15) is 9.90 Å². The second kappa shape index (κ2) is 5.36. The van der Waals surface area contributed by atoms with E-state index in [1.165, 1.54) is 0 Å². The summed E-state index contributed by atoms with van der Waals surface area (Å²) in [6.45, 7) is 2.14. The third-order valence-corrected chi connectivity index (χ3v) is 2.11. The van der Waals surface area contributed by atoms with Crippen LogP contribution in [0.5, 0.6) is 5.75 Å². The van der Waals surface area contributed by atoms with Crippen LogP contribution >= 0.6 is 0 Å². The Morgan fingerprint density at radius 2 is 2.27 bits per heavy atom. The number of aromatic hydroxyl groups is 1. The molecule has 0 radical (unpaired) electrons. The van der Waals surface area contributed by atoms with E-state index < -0.39 is 0 Å². The van der Waals surface area contributed by atoms with Gasteiger partial charge < -0.3 is 15.2 Å². The van der Waals surface area contributed by atoms with Crippen molar-refractivity contribution in [3.05, 3.63) is 23.8 Å². The van der Waals surface area contributed by atoms with Crippen molar-refractivity contribution in [2.75, 3.05) is 19.0 Å². The summed E-state index contributed by atoms with van der Waals surface area (Å²) in [7, 11) is 1.55. The third kappa shape index (κ3) is 3.25. The Bertz CT molecular complexity index is 350. The minimum Gasteiger partial charge on any atom is -0.508 e. The van der Waals surface area contributed by atoms with Crippen LogP contribution in [0.3, 0.4) is 0 Å². The van der Waals surface area contributed by atoms with Crippen LogP contribution in [0.25, 0.3) is 0 Å². The maximum atomic E-state index is 11.4. The quantitative estimate of drug-likeness (QED) is 0.793. The summed E-state index contributed by atoms with van der Waals surface area (Å²) in [5.41, 5.74) is 1.30. The number of benzene rings is 1. The van der Waals surface area contributed by atoms with E-state index in [2.05, 4.69) is 5.32 Å². The maximum absolute atomic E-state index is 11.4. The summed E-state index contributed by atoms with van der Waals surface area (Å²) in [6, 6.07) is 5.02. The van der Waals surface area contributed by atoms with Crippen LogP contribution in [0.4, 0.5) is 5.69 Å². The van der Waals surface area contributed by atoms with E-state index in [1.807, 2.05) is 0 Å². The number of hydrogen-bond acceptors (Lipinski definition) is 3. The first-order chi connectivity index (χ1) is 7.15. The molecule has 15 heavy (non-hydrogen) atoms. The number of phenols is 1. The van der Waals surface area contributed by atoms with Gasteiger partial charge in [0.05, 0.1) is 13.0 Å². The molecule has 0 heterocycles. The molecule has 2 N–H and O–H groups in total. The lowest BCUT2D eigenvalue weighted by molar-refractivity contribution is -0.117. The Balaban J connectivity index is 2.64. The van der Waals surface area contributed by atoms with Crippen molar-refractivity contribution >= 4 is 11.6 Å². The molecular formula is C11H15NO3. The number of ether oxygens (including phenoxy) is 1. The molecule has 0 aliphatic rings. The fourth-order valence-electron chi connectivity index (χ4n) is 1.17. The number of phenolic OH excluding ortho intramolecular Hbond substituents is 1. The first kappa shape index (κ1) is 11.5. The average molecular weight is 209 g/mol. The van der Waals surface area contributed by atoms with Gasteiger partial charge in [0, 0.05) is 18.4 Å². The van der Waals surface area contributed by atoms with E-state index in [4.69, 9.17) is 4.74 Å². The number of methoxy groups -OCH3 is 1. The summed E-state index contributed by atoms with van der Waals surface area (Å²) in [4.78, 5) is 11.4. The Labute approximate surface area is 88.9 Å². The number of rotatable bonds is 4. The maximum Gasteiger partial charge on any atom is 0.226 e.